The lowest BCUT2D eigenvalue weighted by Crippen LogP contribution is -2.55. The maximum Gasteiger partial charge on any atom is 0.252 e. The van der Waals surface area contributed by atoms with Crippen LogP contribution in [0.4, 0.5) is 0 Å². The second-order valence-corrected chi connectivity index (χ2v) is 18.5. The van der Waals surface area contributed by atoms with Gasteiger partial charge in [-0.05, 0) is 74.8 Å². The van der Waals surface area contributed by atoms with Crippen molar-refractivity contribution in [1.82, 2.24) is 30.0 Å². The molecule has 2 aromatic carbocycles. The van der Waals surface area contributed by atoms with Crippen LogP contribution in [0, 0.1) is 18.8 Å². The van der Waals surface area contributed by atoms with Crippen molar-refractivity contribution in [3.05, 3.63) is 83.9 Å². The molecule has 62 heavy (non-hydrogen) atoms. The number of fused-ring (bicyclic) bond motifs is 2. The SMILES string of the molecule is Cc1nccn1-c1cccc(C(=O)N[C@H](C(=O)N2C[C@H](Cl)[C@H]3OCC(=O)[C@H]32)C2CCCCC2)c1.O=C(N[C@H](C(=O)N1C[C@H](Cl)[C@H]2OCC(=O)[C@H]21)C1CCCCC1)c1ccccc1. The zero-order chi connectivity index (χ0) is 43.5. The van der Waals surface area contributed by atoms with Gasteiger partial charge in [-0.1, -0.05) is 62.8 Å². The minimum Gasteiger partial charge on any atom is -0.366 e. The summed E-state index contributed by atoms with van der Waals surface area (Å²) in [5.74, 6) is -0.361. The van der Waals surface area contributed by atoms with Crippen molar-refractivity contribution in [3.8, 4) is 5.69 Å². The molecule has 4 saturated heterocycles. The molecule has 6 aliphatic rings. The predicted octanol–water partition coefficient (Wildman–Crippen LogP) is 4.80. The van der Waals surface area contributed by atoms with E-state index in [-0.39, 0.29) is 73.3 Å². The van der Waals surface area contributed by atoms with E-state index in [1.54, 1.807) is 52.4 Å². The van der Waals surface area contributed by atoms with Gasteiger partial charge in [0.2, 0.25) is 11.8 Å². The maximum absolute atomic E-state index is 13.8. The Morgan fingerprint density at radius 2 is 1.16 bits per heavy atom. The number of likely N-dealkylation sites (tertiary alicyclic amines) is 2. The Morgan fingerprint density at radius 3 is 1.65 bits per heavy atom. The predicted molar refractivity (Wildman–Crippen MR) is 230 cm³/mol. The number of aryl methyl sites for hydroxylation is 1. The first-order chi connectivity index (χ1) is 30.0. The number of Topliss-reactive ketones (excluding diaryl/α,β-unsaturated/α-hetero) is 2. The van der Waals surface area contributed by atoms with Crippen LogP contribution in [-0.4, -0.2) is 128 Å². The summed E-state index contributed by atoms with van der Waals surface area (Å²) in [7, 11) is 0. The van der Waals surface area contributed by atoms with E-state index in [0.717, 1.165) is 75.7 Å². The molecule has 4 amide bonds. The third-order valence-electron chi connectivity index (χ3n) is 13.4. The van der Waals surface area contributed by atoms with Gasteiger partial charge >= 0.3 is 0 Å². The van der Waals surface area contributed by atoms with E-state index in [4.69, 9.17) is 32.7 Å². The van der Waals surface area contributed by atoms with Crippen molar-refractivity contribution in [2.45, 2.75) is 118 Å². The molecule has 16 heteroatoms. The first-order valence-electron chi connectivity index (χ1n) is 21.9. The molecular formula is C46H54Cl2N6O8. The lowest BCUT2D eigenvalue weighted by Gasteiger charge is -2.34. The van der Waals surface area contributed by atoms with Gasteiger partial charge < -0.3 is 34.5 Å². The fraction of sp³-hybridized carbons (Fsp3) is 0.543. The number of aromatic nitrogens is 2. The number of ether oxygens (including phenoxy) is 2. The normalized spacial score (nSPS) is 27.2. The summed E-state index contributed by atoms with van der Waals surface area (Å²) in [5, 5.41) is 5.15. The number of nitrogens with zero attached hydrogens (tertiary/aromatic N) is 4. The van der Waals surface area contributed by atoms with Crippen molar-refractivity contribution >= 4 is 58.4 Å². The maximum atomic E-state index is 13.8. The highest BCUT2D eigenvalue weighted by molar-refractivity contribution is 6.22. The van der Waals surface area contributed by atoms with Gasteiger partial charge in [0.25, 0.3) is 11.8 Å². The fourth-order valence-electron chi connectivity index (χ4n) is 10.2. The molecule has 14 nitrogen and oxygen atoms in total. The van der Waals surface area contributed by atoms with Gasteiger partial charge in [-0.25, -0.2) is 4.98 Å². The zero-order valence-corrected chi connectivity index (χ0v) is 36.3. The number of ketones is 2. The van der Waals surface area contributed by atoms with E-state index in [2.05, 4.69) is 15.6 Å². The highest BCUT2D eigenvalue weighted by atomic mass is 35.5. The molecule has 2 aliphatic carbocycles. The molecule has 0 radical (unpaired) electrons. The molecule has 2 N–H and O–H groups in total. The molecule has 330 valence electrons. The fourth-order valence-corrected chi connectivity index (χ4v) is 10.9. The summed E-state index contributed by atoms with van der Waals surface area (Å²) < 4.78 is 12.9. The average Bonchev–Trinajstić information content (AvgIpc) is 4.14. The van der Waals surface area contributed by atoms with Gasteiger partial charge in [0.1, 0.15) is 55.4 Å². The molecule has 9 rings (SSSR count). The number of imidazole rings is 1. The third kappa shape index (κ3) is 9.20. The zero-order valence-electron chi connectivity index (χ0n) is 34.8. The number of carbonyl (C=O) groups excluding carboxylic acids is 6. The van der Waals surface area contributed by atoms with Crippen LogP contribution in [0.3, 0.4) is 0 Å². The summed E-state index contributed by atoms with van der Waals surface area (Å²) in [5.41, 5.74) is 1.81. The Hall–Kier alpha value is -4.63. The second kappa shape index (κ2) is 19.4. The Morgan fingerprint density at radius 1 is 0.677 bits per heavy atom. The first kappa shape index (κ1) is 44.0. The van der Waals surface area contributed by atoms with Crippen molar-refractivity contribution in [2.75, 3.05) is 26.3 Å². The largest absolute Gasteiger partial charge is 0.366 e. The van der Waals surface area contributed by atoms with Gasteiger partial charge in [-0.3, -0.25) is 28.8 Å². The molecule has 0 bridgehead atoms. The smallest absolute Gasteiger partial charge is 0.252 e. The Bertz CT molecular complexity index is 2140. The molecule has 6 fully saturated rings. The molecule has 8 atom stereocenters. The van der Waals surface area contributed by atoms with E-state index in [1.165, 1.54) is 0 Å². The quantitative estimate of drug-likeness (QED) is 0.287. The molecule has 0 spiro atoms. The van der Waals surface area contributed by atoms with Crippen molar-refractivity contribution in [1.29, 1.82) is 0 Å². The number of hydrogen-bond donors (Lipinski definition) is 2. The van der Waals surface area contributed by atoms with Crippen LogP contribution in [0.1, 0.15) is 90.7 Å². The standard InChI is InChI=1S/C25H29ClN4O4.C21H25ClN2O4/c1-15-27-10-11-29(15)18-9-5-8-17(12-18)24(32)28-21(16-6-3-2-4-7-16)25(33)30-13-19(26)23-22(30)20(31)14-34-23;22-15-11-24(18-16(25)12-28-19(15)18)21(27)17(13-7-3-1-4-8-13)23-20(26)14-9-5-2-6-10-14/h5,8-12,16,19,21-23H,2-4,6-7,13-14H2,1H3,(H,28,32);2,5-6,9-10,13,15,17-19H,1,3-4,7-8,11-12H2,(H,23,26)/t19-,21-,22+,23+;15-,17-,18+,19+/m00/s1. The van der Waals surface area contributed by atoms with Crippen LogP contribution >= 0.6 is 23.2 Å². The van der Waals surface area contributed by atoms with Gasteiger partial charge in [-0.2, -0.15) is 0 Å². The van der Waals surface area contributed by atoms with Crippen LogP contribution in [0.2, 0.25) is 0 Å². The lowest BCUT2D eigenvalue weighted by atomic mass is 9.83. The summed E-state index contributed by atoms with van der Waals surface area (Å²) in [6, 6.07) is 13.5. The second-order valence-electron chi connectivity index (χ2n) is 17.3. The van der Waals surface area contributed by atoms with Crippen LogP contribution in [-0.2, 0) is 28.7 Å². The molecule has 4 aliphatic heterocycles. The molecular weight excluding hydrogens is 835 g/mol. The number of nitrogens with one attached hydrogen (secondary N) is 2. The molecule has 2 saturated carbocycles. The van der Waals surface area contributed by atoms with Crippen LogP contribution in [0.25, 0.3) is 5.69 Å². The highest BCUT2D eigenvalue weighted by Gasteiger charge is 2.54. The van der Waals surface area contributed by atoms with Crippen LogP contribution < -0.4 is 10.6 Å². The summed E-state index contributed by atoms with van der Waals surface area (Å²) in [6.07, 6.45) is 12.5. The molecule has 1 aromatic heterocycles. The van der Waals surface area contributed by atoms with Crippen LogP contribution in [0.5, 0.6) is 0 Å². The summed E-state index contributed by atoms with van der Waals surface area (Å²) >= 11 is 12.8. The number of hydrogen-bond acceptors (Lipinski definition) is 9. The minimum atomic E-state index is -0.706. The number of amides is 4. The van der Waals surface area contributed by atoms with Crippen molar-refractivity contribution < 1.29 is 38.2 Å². The van der Waals surface area contributed by atoms with Gasteiger partial charge in [0.15, 0.2) is 11.6 Å². The van der Waals surface area contributed by atoms with E-state index in [1.807, 2.05) is 35.9 Å². The Balaban J connectivity index is 0.000000174. The van der Waals surface area contributed by atoms with E-state index in [9.17, 15) is 28.8 Å². The number of benzene rings is 2. The number of halogens is 2. The number of rotatable bonds is 9. The van der Waals surface area contributed by atoms with E-state index in [0.29, 0.717) is 11.1 Å². The number of alkyl halides is 2. The topological polar surface area (TPSA) is 169 Å². The minimum absolute atomic E-state index is 0.00714. The van der Waals surface area contributed by atoms with Gasteiger partial charge in [0.05, 0.1) is 10.8 Å². The molecule has 3 aromatic rings. The highest BCUT2D eigenvalue weighted by Crippen LogP contribution is 2.36. The molecule has 0 unspecified atom stereocenters. The van der Waals surface area contributed by atoms with Gasteiger partial charge in [-0.15, -0.1) is 23.2 Å². The van der Waals surface area contributed by atoms with E-state index < -0.39 is 47.1 Å². The molecule has 5 heterocycles. The third-order valence-corrected chi connectivity index (χ3v) is 14.2. The van der Waals surface area contributed by atoms with E-state index >= 15 is 0 Å². The number of carbonyl (C=O) groups is 6. The Kier molecular flexibility index (Phi) is 13.8. The first-order valence-corrected chi connectivity index (χ1v) is 22.8. The van der Waals surface area contributed by atoms with Crippen molar-refractivity contribution in [3.63, 3.8) is 0 Å². The average molecular weight is 890 g/mol. The summed E-state index contributed by atoms with van der Waals surface area (Å²) in [6.45, 7) is 2.38. The Labute approximate surface area is 371 Å². The van der Waals surface area contributed by atoms with Crippen LogP contribution in [0.15, 0.2) is 67.0 Å². The van der Waals surface area contributed by atoms with Crippen molar-refractivity contribution in [2.24, 2.45) is 11.8 Å². The van der Waals surface area contributed by atoms with Gasteiger partial charge in [0, 0.05) is 42.3 Å². The monoisotopic (exact) mass is 888 g/mol. The summed E-state index contributed by atoms with van der Waals surface area (Å²) in [4.78, 5) is 85.5. The lowest BCUT2D eigenvalue weighted by molar-refractivity contribution is -0.139.